The minimum Gasteiger partial charge on any atom is -0.465 e. The van der Waals surface area contributed by atoms with Gasteiger partial charge in [-0.3, -0.25) is 0 Å². The third-order valence-corrected chi connectivity index (χ3v) is 5.13. The molecule has 5 rings (SSSR count). The summed E-state index contributed by atoms with van der Waals surface area (Å²) in [6, 6.07) is 17.4. The van der Waals surface area contributed by atoms with E-state index >= 15 is 0 Å². The molecule has 0 spiro atoms. The summed E-state index contributed by atoms with van der Waals surface area (Å²) < 4.78 is 17.8. The van der Waals surface area contributed by atoms with Gasteiger partial charge in [0.15, 0.2) is 17.1 Å². The number of carbonyl (C=O) groups is 1. The molecule has 0 saturated heterocycles. The molecule has 0 unspecified atom stereocenters. The van der Waals surface area contributed by atoms with Gasteiger partial charge in [-0.2, -0.15) is 5.10 Å². The summed E-state index contributed by atoms with van der Waals surface area (Å²) >= 11 is 0. The third kappa shape index (κ3) is 3.04. The highest BCUT2D eigenvalue weighted by atomic mass is 16.7. The Hall–Kier alpha value is -3.87. The first kappa shape index (κ1) is 18.2. The minimum atomic E-state index is -0.424. The van der Waals surface area contributed by atoms with Gasteiger partial charge in [0.1, 0.15) is 0 Å². The van der Waals surface area contributed by atoms with Crippen LogP contribution in [0.4, 0.5) is 0 Å². The molecule has 0 fully saturated rings. The third-order valence-electron chi connectivity index (χ3n) is 5.13. The highest BCUT2D eigenvalue weighted by Gasteiger charge is 2.22. The van der Waals surface area contributed by atoms with Crippen LogP contribution >= 0.6 is 0 Å². The van der Waals surface area contributed by atoms with Crippen molar-refractivity contribution >= 4 is 17.0 Å². The highest BCUT2D eigenvalue weighted by Crippen LogP contribution is 2.36. The van der Waals surface area contributed by atoms with Crippen molar-refractivity contribution in [2.45, 2.75) is 13.5 Å². The van der Waals surface area contributed by atoms with Crippen molar-refractivity contribution in [2.24, 2.45) is 0 Å². The second-order valence-corrected chi connectivity index (χ2v) is 7.04. The summed E-state index contributed by atoms with van der Waals surface area (Å²) in [6.07, 6.45) is 0. The maximum atomic E-state index is 12.6. The Bertz CT molecular complexity index is 1260. The maximum absolute atomic E-state index is 12.6. The van der Waals surface area contributed by atoms with Crippen LogP contribution in [0, 0.1) is 6.92 Å². The zero-order valence-corrected chi connectivity index (χ0v) is 16.6. The van der Waals surface area contributed by atoms with Gasteiger partial charge in [-0.1, -0.05) is 30.3 Å². The van der Waals surface area contributed by atoms with Gasteiger partial charge in [0.05, 0.1) is 36.0 Å². The number of nitrogens with zero attached hydrogens (tertiary/aromatic N) is 3. The zero-order valence-electron chi connectivity index (χ0n) is 16.6. The van der Waals surface area contributed by atoms with E-state index in [-0.39, 0.29) is 6.79 Å². The van der Waals surface area contributed by atoms with Crippen LogP contribution in [0.1, 0.15) is 21.6 Å². The maximum Gasteiger partial charge on any atom is 0.338 e. The van der Waals surface area contributed by atoms with E-state index < -0.39 is 5.97 Å². The average molecular weight is 401 g/mol. The molecular weight excluding hydrogens is 382 g/mol. The first-order valence-corrected chi connectivity index (χ1v) is 9.54. The van der Waals surface area contributed by atoms with E-state index in [2.05, 4.69) is 5.10 Å². The van der Waals surface area contributed by atoms with E-state index in [4.69, 9.17) is 19.2 Å². The van der Waals surface area contributed by atoms with E-state index in [1.54, 1.807) is 6.07 Å². The number of fused-ring (bicyclic) bond motifs is 2. The molecule has 7 nitrogen and oxygen atoms in total. The van der Waals surface area contributed by atoms with Crippen LogP contribution in [0.3, 0.4) is 0 Å². The fourth-order valence-electron chi connectivity index (χ4n) is 3.69. The second-order valence-electron chi connectivity index (χ2n) is 7.04. The van der Waals surface area contributed by atoms with Gasteiger partial charge in [-0.05, 0) is 36.8 Å². The van der Waals surface area contributed by atoms with Gasteiger partial charge in [-0.15, -0.1) is 0 Å². The molecular formula is C23H19N3O4. The van der Waals surface area contributed by atoms with Crippen LogP contribution < -0.4 is 9.47 Å². The smallest absolute Gasteiger partial charge is 0.338 e. The van der Waals surface area contributed by atoms with Gasteiger partial charge in [0, 0.05) is 5.56 Å². The van der Waals surface area contributed by atoms with Crippen LogP contribution in [0.15, 0.2) is 54.6 Å². The average Bonchev–Trinajstić information content (AvgIpc) is 3.37. The predicted molar refractivity (Wildman–Crippen MR) is 111 cm³/mol. The van der Waals surface area contributed by atoms with Crippen molar-refractivity contribution in [3.05, 3.63) is 71.4 Å². The number of hydrogen-bond donors (Lipinski definition) is 0. The molecule has 0 N–H and O–H groups in total. The number of carbonyl (C=O) groups excluding carboxylic acids is 1. The van der Waals surface area contributed by atoms with Gasteiger partial charge in [0.25, 0.3) is 0 Å². The number of methoxy groups -OCH3 is 1. The van der Waals surface area contributed by atoms with Crippen molar-refractivity contribution in [3.63, 3.8) is 0 Å². The van der Waals surface area contributed by atoms with Crippen LogP contribution in [0.2, 0.25) is 0 Å². The van der Waals surface area contributed by atoms with Crippen molar-refractivity contribution in [2.75, 3.05) is 13.9 Å². The predicted octanol–water partition coefficient (Wildman–Crippen LogP) is 3.97. The lowest BCUT2D eigenvalue weighted by Gasteiger charge is -2.09. The first-order chi connectivity index (χ1) is 14.6. The molecule has 0 radical (unpaired) electrons. The summed E-state index contributed by atoms with van der Waals surface area (Å²) in [7, 11) is 1.37. The van der Waals surface area contributed by atoms with E-state index in [1.807, 2.05) is 60.1 Å². The van der Waals surface area contributed by atoms with Gasteiger partial charge in [0.2, 0.25) is 6.79 Å². The van der Waals surface area contributed by atoms with Crippen molar-refractivity contribution in [1.29, 1.82) is 0 Å². The van der Waals surface area contributed by atoms with E-state index in [0.29, 0.717) is 40.3 Å². The minimum absolute atomic E-state index is 0.196. The van der Waals surface area contributed by atoms with Crippen LogP contribution in [-0.2, 0) is 11.3 Å². The van der Waals surface area contributed by atoms with Gasteiger partial charge < -0.3 is 14.2 Å². The molecule has 2 aromatic carbocycles. The van der Waals surface area contributed by atoms with Crippen LogP contribution in [-0.4, -0.2) is 34.6 Å². The lowest BCUT2D eigenvalue weighted by atomic mass is 10.0. The molecule has 0 bridgehead atoms. The lowest BCUT2D eigenvalue weighted by Crippen LogP contribution is -2.06. The quantitative estimate of drug-likeness (QED) is 0.482. The SMILES string of the molecule is COC(=O)c1cc(-c2ccc3c(c2)OCO3)nc2c1c(C)nn2Cc1ccccc1. The molecule has 0 saturated carbocycles. The molecule has 7 heteroatoms. The van der Waals surface area contributed by atoms with E-state index in [1.165, 1.54) is 7.11 Å². The number of pyridine rings is 1. The largest absolute Gasteiger partial charge is 0.465 e. The first-order valence-electron chi connectivity index (χ1n) is 9.54. The van der Waals surface area contributed by atoms with Crippen LogP contribution in [0.5, 0.6) is 11.5 Å². The van der Waals surface area contributed by atoms with Gasteiger partial charge in [-0.25, -0.2) is 14.5 Å². The van der Waals surface area contributed by atoms with Crippen molar-refractivity contribution < 1.29 is 19.0 Å². The molecule has 0 aliphatic carbocycles. The monoisotopic (exact) mass is 401 g/mol. The Labute approximate surface area is 172 Å². The Morgan fingerprint density at radius 2 is 1.90 bits per heavy atom. The normalized spacial score (nSPS) is 12.3. The van der Waals surface area contributed by atoms with E-state index in [9.17, 15) is 4.79 Å². The number of aromatic nitrogens is 3. The summed E-state index contributed by atoms with van der Waals surface area (Å²) in [5.74, 6) is 0.924. The molecule has 0 amide bonds. The number of hydrogen-bond acceptors (Lipinski definition) is 6. The molecule has 30 heavy (non-hydrogen) atoms. The molecule has 1 aliphatic rings. The standard InChI is InChI=1S/C23H19N3O4/c1-14-21-17(23(27)28-2)11-18(16-8-9-19-20(10-16)30-13-29-19)24-22(21)26(25-14)12-15-6-4-3-5-7-15/h3-11H,12-13H2,1-2H3. The summed E-state index contributed by atoms with van der Waals surface area (Å²) in [6.45, 7) is 2.61. The molecule has 0 atom stereocenters. The fourth-order valence-corrected chi connectivity index (χ4v) is 3.69. The lowest BCUT2D eigenvalue weighted by molar-refractivity contribution is 0.0603. The number of rotatable bonds is 4. The Balaban J connectivity index is 1.70. The van der Waals surface area contributed by atoms with Gasteiger partial charge >= 0.3 is 5.97 Å². The number of aryl methyl sites for hydroxylation is 1. The summed E-state index contributed by atoms with van der Waals surface area (Å²) in [5.41, 5.74) is 4.34. The Kier molecular flexibility index (Phi) is 4.35. The van der Waals surface area contributed by atoms with Crippen molar-refractivity contribution in [1.82, 2.24) is 14.8 Å². The Morgan fingerprint density at radius 1 is 1.10 bits per heavy atom. The highest BCUT2D eigenvalue weighted by molar-refractivity contribution is 6.05. The number of ether oxygens (including phenoxy) is 3. The molecule has 1 aliphatic heterocycles. The molecule has 3 heterocycles. The van der Waals surface area contributed by atoms with Crippen LogP contribution in [0.25, 0.3) is 22.3 Å². The summed E-state index contributed by atoms with van der Waals surface area (Å²) in [4.78, 5) is 17.4. The fraction of sp³-hybridized carbons (Fsp3) is 0.174. The second kappa shape index (κ2) is 7.18. The zero-order chi connectivity index (χ0) is 20.7. The molecule has 2 aromatic heterocycles. The van der Waals surface area contributed by atoms with Crippen molar-refractivity contribution in [3.8, 4) is 22.8 Å². The number of esters is 1. The molecule has 4 aromatic rings. The number of benzene rings is 2. The molecule has 150 valence electrons. The topological polar surface area (TPSA) is 75.5 Å². The Morgan fingerprint density at radius 3 is 2.70 bits per heavy atom. The summed E-state index contributed by atoms with van der Waals surface area (Å²) in [5, 5.41) is 5.35. The van der Waals surface area contributed by atoms with E-state index in [0.717, 1.165) is 16.8 Å².